The maximum absolute atomic E-state index is 13.3. The molecule has 0 unspecified atom stereocenters. The fourth-order valence-corrected chi connectivity index (χ4v) is 2.66. The number of hydrogen-bond acceptors (Lipinski definition) is 3. The van der Waals surface area contributed by atoms with E-state index in [1.54, 1.807) is 25.2 Å². The Morgan fingerprint density at radius 3 is 2.82 bits per heavy atom. The first-order valence-corrected chi connectivity index (χ1v) is 7.39. The topological polar surface area (TPSA) is 64.2 Å². The Hall–Kier alpha value is -2.16. The number of hydrogen-bond donors (Lipinski definition) is 1. The summed E-state index contributed by atoms with van der Waals surface area (Å²) in [7, 11) is 1.60. The first-order valence-electron chi connectivity index (χ1n) is 6.31. The molecule has 7 heteroatoms. The maximum atomic E-state index is 13.3. The molecule has 5 nitrogen and oxygen atoms in total. The molecule has 112 valence electrons. The number of halogens is 2. The number of amides is 1. The Morgan fingerprint density at radius 1 is 1.27 bits per heavy atom. The Morgan fingerprint density at radius 2 is 2.05 bits per heavy atom. The molecule has 22 heavy (non-hydrogen) atoms. The van der Waals surface area contributed by atoms with Gasteiger partial charge in [-0.1, -0.05) is 0 Å². The smallest absolute Gasteiger partial charge is 0.408 e. The minimum absolute atomic E-state index is 0.246. The van der Waals surface area contributed by atoms with Crippen LogP contribution in [0.25, 0.3) is 11.1 Å². The largest absolute Gasteiger partial charge is 0.419 e. The zero-order valence-electron chi connectivity index (χ0n) is 11.4. The van der Waals surface area contributed by atoms with E-state index in [1.807, 2.05) is 22.6 Å². The molecule has 0 saturated heterocycles. The van der Waals surface area contributed by atoms with Gasteiger partial charge in [0, 0.05) is 22.4 Å². The van der Waals surface area contributed by atoms with Crippen LogP contribution in [0.1, 0.15) is 10.4 Å². The molecule has 0 bridgehead atoms. The minimum Gasteiger partial charge on any atom is -0.408 e. The summed E-state index contributed by atoms with van der Waals surface area (Å²) in [6.07, 6.45) is 0. The molecule has 1 N–H and O–H groups in total. The van der Waals surface area contributed by atoms with Crippen molar-refractivity contribution in [3.8, 4) is 0 Å². The minimum atomic E-state index is -0.477. The first-order chi connectivity index (χ1) is 10.5. The van der Waals surface area contributed by atoms with Crippen LogP contribution in [0.4, 0.5) is 10.1 Å². The SMILES string of the molecule is Cn1c(=O)oc2cc(NC(=O)c3cc(F)ccc3I)ccc21. The summed E-state index contributed by atoms with van der Waals surface area (Å²) in [6.45, 7) is 0. The summed E-state index contributed by atoms with van der Waals surface area (Å²) < 4.78 is 20.3. The highest BCUT2D eigenvalue weighted by molar-refractivity contribution is 14.1. The van der Waals surface area contributed by atoms with Crippen molar-refractivity contribution in [1.82, 2.24) is 4.57 Å². The van der Waals surface area contributed by atoms with Gasteiger partial charge in [-0.25, -0.2) is 9.18 Å². The lowest BCUT2D eigenvalue weighted by Crippen LogP contribution is -2.13. The lowest BCUT2D eigenvalue weighted by atomic mass is 10.2. The number of aromatic nitrogens is 1. The van der Waals surface area contributed by atoms with Gasteiger partial charge >= 0.3 is 5.76 Å². The molecule has 0 radical (unpaired) electrons. The van der Waals surface area contributed by atoms with Crippen molar-refractivity contribution in [2.24, 2.45) is 7.05 Å². The normalized spacial score (nSPS) is 10.9. The van der Waals surface area contributed by atoms with Gasteiger partial charge in [-0.15, -0.1) is 0 Å². The molecule has 1 heterocycles. The van der Waals surface area contributed by atoms with Crippen molar-refractivity contribution in [2.45, 2.75) is 0 Å². The second-order valence-electron chi connectivity index (χ2n) is 4.69. The number of fused-ring (bicyclic) bond motifs is 1. The second-order valence-corrected chi connectivity index (χ2v) is 5.85. The maximum Gasteiger partial charge on any atom is 0.419 e. The molecule has 3 aromatic rings. The third-order valence-electron chi connectivity index (χ3n) is 3.22. The Bertz CT molecular complexity index is 946. The van der Waals surface area contributed by atoms with E-state index in [1.165, 1.54) is 22.8 Å². The summed E-state index contributed by atoms with van der Waals surface area (Å²) in [4.78, 5) is 23.7. The van der Waals surface area contributed by atoms with E-state index in [0.717, 1.165) is 0 Å². The van der Waals surface area contributed by atoms with Gasteiger partial charge in [-0.05, 0) is 52.9 Å². The molecular formula is C15H10FIN2O3. The van der Waals surface area contributed by atoms with Crippen LogP contribution in [0, 0.1) is 9.39 Å². The lowest BCUT2D eigenvalue weighted by molar-refractivity contribution is 0.102. The number of carbonyl (C=O) groups excluding carboxylic acids is 1. The summed E-state index contributed by atoms with van der Waals surface area (Å²) >= 11 is 1.97. The number of nitrogens with zero attached hydrogens (tertiary/aromatic N) is 1. The number of aryl methyl sites for hydroxylation is 1. The summed E-state index contributed by atoms with van der Waals surface area (Å²) in [5.41, 5.74) is 1.71. The number of carbonyl (C=O) groups is 1. The van der Waals surface area contributed by atoms with Crippen molar-refractivity contribution in [3.05, 3.63) is 61.9 Å². The Balaban J connectivity index is 1.94. The van der Waals surface area contributed by atoms with E-state index in [-0.39, 0.29) is 5.56 Å². The summed E-state index contributed by atoms with van der Waals surface area (Å²) in [5.74, 6) is -1.38. The van der Waals surface area contributed by atoms with E-state index in [2.05, 4.69) is 5.32 Å². The van der Waals surface area contributed by atoms with Gasteiger partial charge in [-0.2, -0.15) is 0 Å². The third-order valence-corrected chi connectivity index (χ3v) is 4.16. The molecule has 0 aliphatic carbocycles. The van der Waals surface area contributed by atoms with Crippen LogP contribution >= 0.6 is 22.6 Å². The van der Waals surface area contributed by atoms with Gasteiger partial charge in [0.2, 0.25) is 0 Å². The van der Waals surface area contributed by atoms with Gasteiger partial charge < -0.3 is 9.73 Å². The van der Waals surface area contributed by atoms with E-state index in [4.69, 9.17) is 4.42 Å². The summed E-state index contributed by atoms with van der Waals surface area (Å²) in [5, 5.41) is 2.67. The average molecular weight is 412 g/mol. The molecule has 1 amide bonds. The number of nitrogens with one attached hydrogen (secondary N) is 1. The highest BCUT2D eigenvalue weighted by atomic mass is 127. The molecular weight excluding hydrogens is 402 g/mol. The molecule has 0 saturated carbocycles. The number of benzene rings is 2. The van der Waals surface area contributed by atoms with Crippen molar-refractivity contribution < 1.29 is 13.6 Å². The van der Waals surface area contributed by atoms with Crippen LogP contribution < -0.4 is 11.1 Å². The second kappa shape index (κ2) is 5.56. The Kier molecular flexibility index (Phi) is 3.73. The highest BCUT2D eigenvalue weighted by Crippen LogP contribution is 2.20. The number of anilines is 1. The van der Waals surface area contributed by atoms with Gasteiger partial charge in [0.05, 0.1) is 11.1 Å². The zero-order chi connectivity index (χ0) is 15.9. The van der Waals surface area contributed by atoms with Crippen LogP contribution in [-0.4, -0.2) is 10.5 Å². The molecule has 3 rings (SSSR count). The molecule has 0 fully saturated rings. The van der Waals surface area contributed by atoms with Crippen LogP contribution in [-0.2, 0) is 7.05 Å². The zero-order valence-corrected chi connectivity index (χ0v) is 13.5. The predicted octanol–water partition coefficient (Wildman–Crippen LogP) is 3.13. The summed E-state index contributed by atoms with van der Waals surface area (Å²) in [6, 6.07) is 8.89. The quantitative estimate of drug-likeness (QED) is 0.658. The van der Waals surface area contributed by atoms with Gasteiger partial charge in [0.25, 0.3) is 5.91 Å². The number of rotatable bonds is 2. The fourth-order valence-electron chi connectivity index (χ4n) is 2.08. The average Bonchev–Trinajstić information content (AvgIpc) is 2.76. The fraction of sp³-hybridized carbons (Fsp3) is 0.0667. The van der Waals surface area contributed by atoms with Crippen LogP contribution in [0.3, 0.4) is 0 Å². The van der Waals surface area contributed by atoms with Crippen molar-refractivity contribution in [3.63, 3.8) is 0 Å². The monoisotopic (exact) mass is 412 g/mol. The molecule has 1 aromatic heterocycles. The first kappa shape index (κ1) is 14.8. The standard InChI is InChI=1S/C15H10FIN2O3/c1-19-12-5-3-9(7-13(12)22-15(19)21)18-14(20)10-6-8(16)2-4-11(10)17/h2-7H,1H3,(H,18,20). The molecule has 0 aliphatic rings. The van der Waals surface area contributed by atoms with Crippen LogP contribution in [0.5, 0.6) is 0 Å². The number of oxazole rings is 1. The molecule has 0 atom stereocenters. The van der Waals surface area contributed by atoms with Crippen molar-refractivity contribution in [1.29, 1.82) is 0 Å². The molecule has 0 spiro atoms. The van der Waals surface area contributed by atoms with Gasteiger partial charge in [0.15, 0.2) is 5.58 Å². The predicted molar refractivity (Wildman–Crippen MR) is 88.5 cm³/mol. The van der Waals surface area contributed by atoms with Gasteiger partial charge in [-0.3, -0.25) is 9.36 Å². The van der Waals surface area contributed by atoms with Crippen LogP contribution in [0.2, 0.25) is 0 Å². The van der Waals surface area contributed by atoms with Crippen molar-refractivity contribution in [2.75, 3.05) is 5.32 Å². The van der Waals surface area contributed by atoms with E-state index >= 15 is 0 Å². The Labute approximate surface area is 137 Å². The lowest BCUT2D eigenvalue weighted by Gasteiger charge is -2.07. The van der Waals surface area contributed by atoms with E-state index in [9.17, 15) is 14.0 Å². The third kappa shape index (κ3) is 2.63. The molecule has 0 aliphatic heterocycles. The van der Waals surface area contributed by atoms with E-state index < -0.39 is 17.5 Å². The van der Waals surface area contributed by atoms with Gasteiger partial charge in [0.1, 0.15) is 5.82 Å². The van der Waals surface area contributed by atoms with Crippen molar-refractivity contribution >= 4 is 45.3 Å². The molecule has 2 aromatic carbocycles. The van der Waals surface area contributed by atoms with Crippen LogP contribution in [0.15, 0.2) is 45.6 Å². The van der Waals surface area contributed by atoms with E-state index in [0.29, 0.717) is 20.4 Å². The highest BCUT2D eigenvalue weighted by Gasteiger charge is 2.13.